The van der Waals surface area contributed by atoms with E-state index in [-0.39, 0.29) is 29.7 Å². The third kappa shape index (κ3) is 5.02. The molecule has 1 aliphatic rings. The van der Waals surface area contributed by atoms with Crippen molar-refractivity contribution in [2.45, 2.75) is 39.2 Å². The molecule has 0 radical (unpaired) electrons. The van der Waals surface area contributed by atoms with Crippen LogP contribution in [0.15, 0.2) is 54.6 Å². The monoisotopic (exact) mass is 393 g/mol. The topological polar surface area (TPSA) is 78.5 Å². The lowest BCUT2D eigenvalue weighted by Crippen LogP contribution is -2.42. The molecule has 6 nitrogen and oxygen atoms in total. The number of carbonyl (C=O) groups excluding carboxylic acids is 3. The molecule has 1 fully saturated rings. The van der Waals surface area contributed by atoms with E-state index >= 15 is 0 Å². The van der Waals surface area contributed by atoms with Gasteiger partial charge in [0.05, 0.1) is 5.92 Å². The van der Waals surface area contributed by atoms with Gasteiger partial charge in [0.15, 0.2) is 0 Å². The van der Waals surface area contributed by atoms with E-state index in [1.165, 1.54) is 0 Å². The Morgan fingerprint density at radius 1 is 1.07 bits per heavy atom. The number of carbonyl (C=O) groups is 3. The van der Waals surface area contributed by atoms with Crippen LogP contribution in [0, 0.1) is 5.92 Å². The molecule has 3 rings (SSSR count). The quantitative estimate of drug-likeness (QED) is 0.787. The van der Waals surface area contributed by atoms with Gasteiger partial charge in [0.1, 0.15) is 0 Å². The Hall–Kier alpha value is -3.15. The van der Waals surface area contributed by atoms with E-state index in [1.54, 1.807) is 29.2 Å². The summed E-state index contributed by atoms with van der Waals surface area (Å²) in [6.45, 7) is 6.33. The largest absolute Gasteiger partial charge is 0.347 e. The highest BCUT2D eigenvalue weighted by atomic mass is 16.2. The van der Waals surface area contributed by atoms with Crippen molar-refractivity contribution in [3.63, 3.8) is 0 Å². The summed E-state index contributed by atoms with van der Waals surface area (Å²) < 4.78 is 0. The Balaban J connectivity index is 1.60. The number of amides is 3. The predicted molar refractivity (Wildman–Crippen MR) is 114 cm³/mol. The van der Waals surface area contributed by atoms with E-state index in [2.05, 4.69) is 10.6 Å². The zero-order chi connectivity index (χ0) is 21.0. The third-order valence-electron chi connectivity index (χ3n) is 5.31. The molecule has 6 heteroatoms. The number of nitrogens with zero attached hydrogens (tertiary/aromatic N) is 1. The van der Waals surface area contributed by atoms with Gasteiger partial charge in [0.25, 0.3) is 5.91 Å². The Morgan fingerprint density at radius 2 is 1.72 bits per heavy atom. The van der Waals surface area contributed by atoms with Gasteiger partial charge in [-0.05, 0) is 56.7 Å². The second-order valence-electron chi connectivity index (χ2n) is 8.00. The summed E-state index contributed by atoms with van der Waals surface area (Å²) in [4.78, 5) is 38.9. The van der Waals surface area contributed by atoms with Crippen LogP contribution in [-0.4, -0.2) is 29.8 Å². The van der Waals surface area contributed by atoms with Crippen molar-refractivity contribution in [3.8, 4) is 0 Å². The molecule has 1 aliphatic heterocycles. The minimum atomic E-state index is -0.406. The van der Waals surface area contributed by atoms with Crippen LogP contribution in [0.5, 0.6) is 0 Å². The first kappa shape index (κ1) is 20.6. The highest BCUT2D eigenvalue weighted by Gasteiger charge is 2.35. The van der Waals surface area contributed by atoms with Gasteiger partial charge in [-0.3, -0.25) is 14.4 Å². The van der Waals surface area contributed by atoms with Crippen molar-refractivity contribution in [2.24, 2.45) is 5.92 Å². The first-order chi connectivity index (χ1) is 13.8. The zero-order valence-electron chi connectivity index (χ0n) is 17.1. The summed E-state index contributed by atoms with van der Waals surface area (Å²) >= 11 is 0. The van der Waals surface area contributed by atoms with Crippen molar-refractivity contribution in [2.75, 3.05) is 16.8 Å². The highest BCUT2D eigenvalue weighted by molar-refractivity contribution is 6.03. The first-order valence-corrected chi connectivity index (χ1v) is 9.88. The lowest BCUT2D eigenvalue weighted by molar-refractivity contribution is -0.122. The SMILES string of the molecule is CCC(C)(C)NC(=O)c1ccc(NC(=O)C2CC(=O)N(c3ccccc3)C2)cc1. The van der Waals surface area contributed by atoms with E-state index in [1.807, 2.05) is 51.1 Å². The fourth-order valence-electron chi connectivity index (χ4n) is 3.16. The molecular weight excluding hydrogens is 366 g/mol. The molecule has 1 heterocycles. The van der Waals surface area contributed by atoms with Crippen molar-refractivity contribution in [1.29, 1.82) is 0 Å². The second-order valence-corrected chi connectivity index (χ2v) is 8.00. The molecule has 1 unspecified atom stereocenters. The zero-order valence-corrected chi connectivity index (χ0v) is 17.1. The lowest BCUT2D eigenvalue weighted by Gasteiger charge is -2.24. The molecule has 152 valence electrons. The summed E-state index contributed by atoms with van der Waals surface area (Å²) in [6.07, 6.45) is 1.01. The normalized spacial score (nSPS) is 16.6. The summed E-state index contributed by atoms with van der Waals surface area (Å²) in [5, 5.41) is 5.84. The van der Waals surface area contributed by atoms with Gasteiger partial charge in [0, 0.05) is 35.4 Å². The second kappa shape index (κ2) is 8.47. The average Bonchev–Trinajstić information content (AvgIpc) is 3.11. The standard InChI is InChI=1S/C23H27N3O3/c1-4-23(2,3)25-22(29)16-10-12-18(13-11-16)24-21(28)17-14-20(27)26(15-17)19-8-6-5-7-9-19/h5-13,17H,4,14-15H2,1-3H3,(H,24,28)(H,25,29). The molecule has 0 spiro atoms. The van der Waals surface area contributed by atoms with Gasteiger partial charge < -0.3 is 15.5 Å². The van der Waals surface area contributed by atoms with Crippen molar-refractivity contribution < 1.29 is 14.4 Å². The van der Waals surface area contributed by atoms with Gasteiger partial charge in [-0.1, -0.05) is 25.1 Å². The fourth-order valence-corrected chi connectivity index (χ4v) is 3.16. The number of nitrogens with one attached hydrogen (secondary N) is 2. The van der Waals surface area contributed by atoms with E-state index in [0.29, 0.717) is 17.8 Å². The minimum absolute atomic E-state index is 0.0538. The molecule has 2 aromatic carbocycles. The smallest absolute Gasteiger partial charge is 0.251 e. The fraction of sp³-hybridized carbons (Fsp3) is 0.348. The van der Waals surface area contributed by atoms with E-state index < -0.39 is 5.92 Å². The Kier molecular flexibility index (Phi) is 6.01. The van der Waals surface area contributed by atoms with Crippen LogP contribution in [0.3, 0.4) is 0 Å². The van der Waals surface area contributed by atoms with Crippen LogP contribution >= 0.6 is 0 Å². The van der Waals surface area contributed by atoms with Gasteiger partial charge in [0.2, 0.25) is 11.8 Å². The summed E-state index contributed by atoms with van der Waals surface area (Å²) in [7, 11) is 0. The molecule has 0 aromatic heterocycles. The molecule has 2 N–H and O–H groups in total. The lowest BCUT2D eigenvalue weighted by atomic mass is 10.0. The number of para-hydroxylation sites is 1. The molecule has 0 bridgehead atoms. The Bertz CT molecular complexity index is 891. The number of hydrogen-bond acceptors (Lipinski definition) is 3. The van der Waals surface area contributed by atoms with Crippen molar-refractivity contribution >= 4 is 29.1 Å². The van der Waals surface area contributed by atoms with Gasteiger partial charge >= 0.3 is 0 Å². The van der Waals surface area contributed by atoms with Crippen LogP contribution in [0.25, 0.3) is 0 Å². The Labute approximate surface area is 171 Å². The van der Waals surface area contributed by atoms with Crippen LogP contribution in [0.1, 0.15) is 44.0 Å². The molecule has 1 saturated heterocycles. The van der Waals surface area contributed by atoms with Crippen LogP contribution in [0.2, 0.25) is 0 Å². The van der Waals surface area contributed by atoms with Gasteiger partial charge in [-0.15, -0.1) is 0 Å². The van der Waals surface area contributed by atoms with E-state index in [4.69, 9.17) is 0 Å². The van der Waals surface area contributed by atoms with Gasteiger partial charge in [-0.2, -0.15) is 0 Å². The minimum Gasteiger partial charge on any atom is -0.347 e. The maximum atomic E-state index is 12.6. The van der Waals surface area contributed by atoms with Crippen molar-refractivity contribution in [3.05, 3.63) is 60.2 Å². The number of benzene rings is 2. The molecule has 3 amide bonds. The average molecular weight is 393 g/mol. The molecule has 29 heavy (non-hydrogen) atoms. The van der Waals surface area contributed by atoms with Crippen LogP contribution in [0.4, 0.5) is 11.4 Å². The number of anilines is 2. The number of rotatable bonds is 6. The highest BCUT2D eigenvalue weighted by Crippen LogP contribution is 2.26. The summed E-state index contributed by atoms with van der Waals surface area (Å²) in [5.41, 5.74) is 1.67. The molecular formula is C23H27N3O3. The van der Waals surface area contributed by atoms with Crippen LogP contribution < -0.4 is 15.5 Å². The van der Waals surface area contributed by atoms with Gasteiger partial charge in [-0.25, -0.2) is 0 Å². The predicted octanol–water partition coefficient (Wildman–Crippen LogP) is 3.60. The number of hydrogen-bond donors (Lipinski definition) is 2. The summed E-state index contributed by atoms with van der Waals surface area (Å²) in [6, 6.07) is 16.1. The molecule has 0 saturated carbocycles. The first-order valence-electron chi connectivity index (χ1n) is 9.88. The molecule has 0 aliphatic carbocycles. The van der Waals surface area contributed by atoms with E-state index in [0.717, 1.165) is 12.1 Å². The third-order valence-corrected chi connectivity index (χ3v) is 5.31. The molecule has 1 atom stereocenters. The van der Waals surface area contributed by atoms with E-state index in [9.17, 15) is 14.4 Å². The van der Waals surface area contributed by atoms with Crippen molar-refractivity contribution in [1.82, 2.24) is 5.32 Å². The maximum absolute atomic E-state index is 12.6. The maximum Gasteiger partial charge on any atom is 0.251 e. The molecule has 2 aromatic rings. The summed E-state index contributed by atoms with van der Waals surface area (Å²) in [5.74, 6) is -0.798. The van der Waals surface area contributed by atoms with Crippen LogP contribution in [-0.2, 0) is 9.59 Å². The Morgan fingerprint density at radius 3 is 2.34 bits per heavy atom.